The Kier molecular flexibility index (Phi) is 5.30. The number of carbonyl (C=O) groups excluding carboxylic acids is 2. The minimum absolute atomic E-state index is 0.00115. The lowest BCUT2D eigenvalue weighted by atomic mass is 10.1. The van der Waals surface area contributed by atoms with Gasteiger partial charge in [-0.2, -0.15) is 0 Å². The maximum Gasteiger partial charge on any atom is 0.342 e. The third kappa shape index (κ3) is 4.54. The lowest BCUT2D eigenvalue weighted by molar-refractivity contribution is -0.124. The maximum absolute atomic E-state index is 13.4. The van der Waals surface area contributed by atoms with Crippen LogP contribution >= 0.6 is 0 Å². The molecule has 0 saturated heterocycles. The van der Waals surface area contributed by atoms with Crippen molar-refractivity contribution in [2.45, 2.75) is 13.5 Å². The van der Waals surface area contributed by atoms with E-state index in [0.29, 0.717) is 5.56 Å². The quantitative estimate of drug-likeness (QED) is 0.830. The van der Waals surface area contributed by atoms with Crippen LogP contribution in [0.2, 0.25) is 0 Å². The van der Waals surface area contributed by atoms with Gasteiger partial charge in [0.15, 0.2) is 6.61 Å². The number of esters is 1. The average molecular weight is 317 g/mol. The van der Waals surface area contributed by atoms with Crippen LogP contribution in [0.5, 0.6) is 5.75 Å². The summed E-state index contributed by atoms with van der Waals surface area (Å²) in [5, 5.41) is 12.1. The highest BCUT2D eigenvalue weighted by molar-refractivity contribution is 5.93. The highest BCUT2D eigenvalue weighted by atomic mass is 19.1. The summed E-state index contributed by atoms with van der Waals surface area (Å²) < 4.78 is 18.2. The van der Waals surface area contributed by atoms with Gasteiger partial charge in [0, 0.05) is 12.1 Å². The third-order valence-electron chi connectivity index (χ3n) is 3.14. The summed E-state index contributed by atoms with van der Waals surface area (Å²) in [6.07, 6.45) is 0. The van der Waals surface area contributed by atoms with Crippen molar-refractivity contribution < 1.29 is 23.8 Å². The Morgan fingerprint density at radius 3 is 2.65 bits per heavy atom. The van der Waals surface area contributed by atoms with Crippen LogP contribution in [0.4, 0.5) is 4.39 Å². The van der Waals surface area contributed by atoms with E-state index < -0.39 is 24.3 Å². The number of hydrogen-bond acceptors (Lipinski definition) is 4. The molecule has 5 nitrogen and oxygen atoms in total. The van der Waals surface area contributed by atoms with Gasteiger partial charge in [0.2, 0.25) is 0 Å². The molecule has 0 fully saturated rings. The topological polar surface area (TPSA) is 75.6 Å². The molecular weight excluding hydrogens is 301 g/mol. The molecule has 120 valence electrons. The summed E-state index contributed by atoms with van der Waals surface area (Å²) >= 11 is 0. The van der Waals surface area contributed by atoms with Crippen molar-refractivity contribution in [2.75, 3.05) is 6.61 Å². The number of carbonyl (C=O) groups is 2. The van der Waals surface area contributed by atoms with E-state index in [2.05, 4.69) is 5.32 Å². The zero-order valence-corrected chi connectivity index (χ0v) is 12.5. The molecule has 0 bridgehead atoms. The second-order valence-corrected chi connectivity index (χ2v) is 4.96. The normalized spacial score (nSPS) is 10.2. The Morgan fingerprint density at radius 2 is 1.96 bits per heavy atom. The molecule has 0 radical (unpaired) electrons. The van der Waals surface area contributed by atoms with Crippen molar-refractivity contribution in [1.82, 2.24) is 5.32 Å². The Balaban J connectivity index is 1.84. The molecule has 2 aromatic carbocycles. The number of hydrogen-bond donors (Lipinski definition) is 2. The monoisotopic (exact) mass is 317 g/mol. The first-order valence-corrected chi connectivity index (χ1v) is 6.94. The molecule has 23 heavy (non-hydrogen) atoms. The van der Waals surface area contributed by atoms with Crippen LogP contribution in [0.15, 0.2) is 42.5 Å². The molecule has 6 heteroatoms. The SMILES string of the molecule is Cc1ccc(C(=O)OCC(=O)NCc2ccccc2F)c(O)c1. The number of aryl methyl sites for hydroxylation is 1. The summed E-state index contributed by atoms with van der Waals surface area (Å²) in [6, 6.07) is 10.5. The number of amides is 1. The lowest BCUT2D eigenvalue weighted by Crippen LogP contribution is -2.28. The molecule has 2 N–H and O–H groups in total. The Labute approximate surface area is 132 Å². The largest absolute Gasteiger partial charge is 0.507 e. The Hall–Kier alpha value is -2.89. The summed E-state index contributed by atoms with van der Waals surface area (Å²) in [7, 11) is 0. The van der Waals surface area contributed by atoms with E-state index in [1.165, 1.54) is 18.2 Å². The number of aromatic hydroxyl groups is 1. The van der Waals surface area contributed by atoms with E-state index in [4.69, 9.17) is 4.74 Å². The number of rotatable bonds is 5. The van der Waals surface area contributed by atoms with Crippen LogP contribution < -0.4 is 5.32 Å². The van der Waals surface area contributed by atoms with Gasteiger partial charge in [-0.05, 0) is 30.7 Å². The molecule has 0 spiro atoms. The van der Waals surface area contributed by atoms with Crippen LogP contribution in [-0.2, 0) is 16.1 Å². The zero-order valence-electron chi connectivity index (χ0n) is 12.5. The fourth-order valence-electron chi connectivity index (χ4n) is 1.91. The second kappa shape index (κ2) is 7.40. The van der Waals surface area contributed by atoms with Gasteiger partial charge in [0.05, 0.1) is 0 Å². The molecule has 2 aromatic rings. The first kappa shape index (κ1) is 16.5. The fraction of sp³-hybridized carbons (Fsp3) is 0.176. The van der Waals surface area contributed by atoms with Gasteiger partial charge in [-0.3, -0.25) is 4.79 Å². The summed E-state index contributed by atoms with van der Waals surface area (Å²) in [5.74, 6) is -1.99. The Bertz CT molecular complexity index is 730. The molecule has 0 heterocycles. The van der Waals surface area contributed by atoms with E-state index in [9.17, 15) is 19.1 Å². The molecule has 0 aromatic heterocycles. The van der Waals surface area contributed by atoms with Crippen molar-refractivity contribution in [2.24, 2.45) is 0 Å². The van der Waals surface area contributed by atoms with Gasteiger partial charge < -0.3 is 15.2 Å². The number of ether oxygens (including phenoxy) is 1. The molecular formula is C17H16FNO4. The van der Waals surface area contributed by atoms with Crippen LogP contribution in [0.25, 0.3) is 0 Å². The smallest absolute Gasteiger partial charge is 0.342 e. The second-order valence-electron chi connectivity index (χ2n) is 4.96. The van der Waals surface area contributed by atoms with Crippen molar-refractivity contribution in [3.63, 3.8) is 0 Å². The van der Waals surface area contributed by atoms with Crippen molar-refractivity contribution in [1.29, 1.82) is 0 Å². The average Bonchev–Trinajstić information content (AvgIpc) is 2.52. The van der Waals surface area contributed by atoms with Gasteiger partial charge in [-0.1, -0.05) is 24.3 Å². The van der Waals surface area contributed by atoms with E-state index in [-0.39, 0.29) is 17.9 Å². The Morgan fingerprint density at radius 1 is 1.22 bits per heavy atom. The highest BCUT2D eigenvalue weighted by Crippen LogP contribution is 2.19. The molecule has 0 saturated carbocycles. The highest BCUT2D eigenvalue weighted by Gasteiger charge is 2.14. The van der Waals surface area contributed by atoms with E-state index in [1.807, 2.05) is 0 Å². The molecule has 2 rings (SSSR count). The van der Waals surface area contributed by atoms with Gasteiger partial charge in [0.1, 0.15) is 17.1 Å². The molecule has 0 aliphatic carbocycles. The van der Waals surface area contributed by atoms with Crippen LogP contribution in [0, 0.1) is 12.7 Å². The van der Waals surface area contributed by atoms with Crippen LogP contribution in [-0.4, -0.2) is 23.6 Å². The summed E-state index contributed by atoms with van der Waals surface area (Å²) in [6.45, 7) is 1.25. The number of nitrogens with one attached hydrogen (secondary N) is 1. The van der Waals surface area contributed by atoms with E-state index in [1.54, 1.807) is 31.2 Å². The first-order valence-electron chi connectivity index (χ1n) is 6.94. The van der Waals surface area contributed by atoms with Gasteiger partial charge in [-0.25, -0.2) is 9.18 Å². The van der Waals surface area contributed by atoms with Crippen LogP contribution in [0.1, 0.15) is 21.5 Å². The maximum atomic E-state index is 13.4. The van der Waals surface area contributed by atoms with Gasteiger partial charge in [0.25, 0.3) is 5.91 Å². The molecule has 0 unspecified atom stereocenters. The van der Waals surface area contributed by atoms with Gasteiger partial charge >= 0.3 is 5.97 Å². The van der Waals surface area contributed by atoms with Crippen molar-refractivity contribution in [3.05, 3.63) is 65.0 Å². The number of phenols is 1. The summed E-state index contributed by atoms with van der Waals surface area (Å²) in [5.41, 5.74) is 1.11. The standard InChI is InChI=1S/C17H16FNO4/c1-11-6-7-13(15(20)8-11)17(22)23-10-16(21)19-9-12-4-2-3-5-14(12)18/h2-8,20H,9-10H2,1H3,(H,19,21). The molecule has 0 aliphatic heterocycles. The number of phenolic OH excluding ortho intramolecular Hbond substituents is 1. The minimum Gasteiger partial charge on any atom is -0.507 e. The van der Waals surface area contributed by atoms with Crippen molar-refractivity contribution in [3.8, 4) is 5.75 Å². The van der Waals surface area contributed by atoms with E-state index >= 15 is 0 Å². The molecule has 0 atom stereocenters. The number of halogens is 1. The predicted molar refractivity (Wildman–Crippen MR) is 81.4 cm³/mol. The lowest BCUT2D eigenvalue weighted by Gasteiger charge is -2.08. The number of benzene rings is 2. The molecule has 1 amide bonds. The third-order valence-corrected chi connectivity index (χ3v) is 3.14. The van der Waals surface area contributed by atoms with Gasteiger partial charge in [-0.15, -0.1) is 0 Å². The van der Waals surface area contributed by atoms with Crippen molar-refractivity contribution >= 4 is 11.9 Å². The summed E-state index contributed by atoms with van der Waals surface area (Å²) in [4.78, 5) is 23.4. The predicted octanol–water partition coefficient (Wildman–Crippen LogP) is 2.31. The minimum atomic E-state index is -0.802. The molecule has 0 aliphatic rings. The fourth-order valence-corrected chi connectivity index (χ4v) is 1.91. The zero-order chi connectivity index (χ0) is 16.8. The van der Waals surface area contributed by atoms with E-state index in [0.717, 1.165) is 5.56 Å². The first-order chi connectivity index (χ1) is 11.0. The van der Waals surface area contributed by atoms with Crippen LogP contribution in [0.3, 0.4) is 0 Å².